The number of piperidine rings is 1. The van der Waals surface area contributed by atoms with Crippen molar-refractivity contribution in [3.63, 3.8) is 0 Å². The fourth-order valence-electron chi connectivity index (χ4n) is 5.85. The van der Waals surface area contributed by atoms with Crippen LogP contribution in [-0.4, -0.2) is 41.7 Å². The number of rotatable bonds is 5. The molecule has 1 saturated carbocycles. The van der Waals surface area contributed by atoms with Gasteiger partial charge in [-0.3, -0.25) is 13.9 Å². The standard InChI is InChI=1S/C29H31F3N6O/c1-19-6-5-11-36(14-19)15-20-12-24(29(30,31)32)25-17-37(28(39)38(25)16-20)23-10-4-9-22(13-23)26(21-7-3-8-21)27-34-33-18-35(27)2/h4,9-10,12-13,16-19H,3,5-8,11,14-15H2,1-2H3/t19-/m0/s1. The highest BCUT2D eigenvalue weighted by molar-refractivity contribution is 5.80. The van der Waals surface area contributed by atoms with Gasteiger partial charge in [0.2, 0.25) is 0 Å². The average molecular weight is 537 g/mol. The van der Waals surface area contributed by atoms with Crippen molar-refractivity contribution in [2.45, 2.75) is 51.7 Å². The number of hydrogen-bond acceptors (Lipinski definition) is 4. The maximum Gasteiger partial charge on any atom is 0.418 e. The van der Waals surface area contributed by atoms with Crippen molar-refractivity contribution >= 4 is 11.1 Å². The number of nitrogens with zero attached hydrogens (tertiary/aromatic N) is 6. The van der Waals surface area contributed by atoms with Gasteiger partial charge >= 0.3 is 11.9 Å². The topological polar surface area (TPSA) is 60.4 Å². The molecule has 4 aromatic rings. The molecule has 204 valence electrons. The minimum atomic E-state index is -4.59. The highest BCUT2D eigenvalue weighted by atomic mass is 19.4. The van der Waals surface area contributed by atoms with Crippen LogP contribution in [0.15, 0.2) is 59.4 Å². The molecule has 0 bridgehead atoms. The van der Waals surface area contributed by atoms with Crippen LogP contribution in [0, 0.1) is 5.92 Å². The summed E-state index contributed by atoms with van der Waals surface area (Å²) in [6, 6.07) is 8.55. The largest absolute Gasteiger partial charge is 0.418 e. The van der Waals surface area contributed by atoms with Gasteiger partial charge in [-0.15, -0.1) is 10.2 Å². The molecule has 1 atom stereocenters. The summed E-state index contributed by atoms with van der Waals surface area (Å²) in [4.78, 5) is 15.7. The van der Waals surface area contributed by atoms with Gasteiger partial charge in [0.25, 0.3) is 0 Å². The van der Waals surface area contributed by atoms with Crippen LogP contribution >= 0.6 is 0 Å². The van der Waals surface area contributed by atoms with E-state index in [0.717, 1.165) is 66.6 Å². The summed E-state index contributed by atoms with van der Waals surface area (Å²) >= 11 is 0. The predicted octanol–water partition coefficient (Wildman–Crippen LogP) is 5.46. The fourth-order valence-corrected chi connectivity index (χ4v) is 5.85. The molecule has 0 radical (unpaired) electrons. The molecule has 4 heterocycles. The lowest BCUT2D eigenvalue weighted by Crippen LogP contribution is -2.34. The van der Waals surface area contributed by atoms with Crippen molar-refractivity contribution in [2.75, 3.05) is 13.1 Å². The van der Waals surface area contributed by atoms with Crippen LogP contribution in [0.4, 0.5) is 13.2 Å². The molecule has 0 amide bonds. The molecule has 2 aliphatic rings. The Balaban J connectivity index is 1.45. The molecular weight excluding hydrogens is 505 g/mol. The Morgan fingerprint density at radius 2 is 1.95 bits per heavy atom. The van der Waals surface area contributed by atoms with Crippen LogP contribution in [0.2, 0.25) is 0 Å². The number of fused-ring (bicyclic) bond motifs is 1. The molecule has 1 aliphatic heterocycles. The van der Waals surface area contributed by atoms with Gasteiger partial charge in [0, 0.05) is 38.1 Å². The first-order valence-electron chi connectivity index (χ1n) is 13.4. The Bertz CT molecular complexity index is 1620. The zero-order valence-corrected chi connectivity index (χ0v) is 22.1. The van der Waals surface area contributed by atoms with Crippen molar-refractivity contribution in [3.8, 4) is 5.69 Å². The molecule has 10 heteroatoms. The quantitative estimate of drug-likeness (QED) is 0.340. The summed E-state index contributed by atoms with van der Waals surface area (Å²) in [6.07, 6.45) is 5.07. The van der Waals surface area contributed by atoms with E-state index in [9.17, 15) is 18.0 Å². The molecular formula is C29H31F3N6O. The molecule has 1 aromatic carbocycles. The lowest BCUT2D eigenvalue weighted by atomic mass is 9.84. The lowest BCUT2D eigenvalue weighted by molar-refractivity contribution is -0.136. The van der Waals surface area contributed by atoms with Gasteiger partial charge in [-0.25, -0.2) is 4.79 Å². The van der Waals surface area contributed by atoms with Crippen molar-refractivity contribution in [3.05, 3.63) is 87.6 Å². The van der Waals surface area contributed by atoms with Gasteiger partial charge in [-0.1, -0.05) is 24.6 Å². The molecule has 7 nitrogen and oxygen atoms in total. The molecule has 6 rings (SSSR count). The number of imidazole rings is 1. The normalized spacial score (nSPS) is 18.5. The molecule has 1 saturated heterocycles. The van der Waals surface area contributed by atoms with Crippen LogP contribution in [-0.2, 0) is 19.8 Å². The maximum absolute atomic E-state index is 14.2. The minimum absolute atomic E-state index is 0.153. The van der Waals surface area contributed by atoms with Crippen LogP contribution < -0.4 is 5.69 Å². The van der Waals surface area contributed by atoms with E-state index in [1.807, 2.05) is 29.8 Å². The summed E-state index contributed by atoms with van der Waals surface area (Å²) in [6.45, 7) is 4.22. The first-order valence-corrected chi connectivity index (χ1v) is 13.4. The Hall–Kier alpha value is -3.66. The van der Waals surface area contributed by atoms with Gasteiger partial charge in [0.15, 0.2) is 5.82 Å². The number of aryl methyl sites for hydroxylation is 1. The number of aromatic nitrogens is 5. The van der Waals surface area contributed by atoms with Crippen LogP contribution in [0.1, 0.15) is 61.5 Å². The monoisotopic (exact) mass is 536 g/mol. The third-order valence-electron chi connectivity index (χ3n) is 7.94. The highest BCUT2D eigenvalue weighted by Crippen LogP contribution is 2.37. The zero-order chi connectivity index (χ0) is 27.3. The van der Waals surface area contributed by atoms with E-state index >= 15 is 0 Å². The van der Waals surface area contributed by atoms with E-state index in [1.54, 1.807) is 18.6 Å². The zero-order valence-electron chi connectivity index (χ0n) is 22.1. The van der Waals surface area contributed by atoms with Crippen LogP contribution in [0.3, 0.4) is 0 Å². The summed E-state index contributed by atoms with van der Waals surface area (Å²) in [5.74, 6) is 1.23. The maximum atomic E-state index is 14.2. The number of allylic oxidation sites excluding steroid dienone is 1. The van der Waals surface area contributed by atoms with Crippen LogP contribution in [0.5, 0.6) is 0 Å². The molecule has 3 aromatic heterocycles. The van der Waals surface area contributed by atoms with Crippen molar-refractivity contribution in [1.82, 2.24) is 28.6 Å². The minimum Gasteiger partial charge on any atom is -0.317 e. The van der Waals surface area contributed by atoms with Crippen molar-refractivity contribution < 1.29 is 13.2 Å². The van der Waals surface area contributed by atoms with Crippen molar-refractivity contribution in [1.29, 1.82) is 0 Å². The van der Waals surface area contributed by atoms with E-state index in [1.165, 1.54) is 22.4 Å². The second-order valence-electron chi connectivity index (χ2n) is 10.9. The third-order valence-corrected chi connectivity index (χ3v) is 7.94. The summed E-state index contributed by atoms with van der Waals surface area (Å²) in [5.41, 5.74) is 2.59. The van der Waals surface area contributed by atoms with Gasteiger partial charge in [0.1, 0.15) is 6.33 Å². The second-order valence-corrected chi connectivity index (χ2v) is 10.9. The average Bonchev–Trinajstić information content (AvgIpc) is 3.43. The molecule has 1 aliphatic carbocycles. The number of alkyl halides is 3. The van der Waals surface area contributed by atoms with Gasteiger partial charge in [0.05, 0.1) is 16.8 Å². The number of likely N-dealkylation sites (tertiary alicyclic amines) is 1. The number of pyridine rings is 1. The number of benzene rings is 1. The Morgan fingerprint density at radius 1 is 1.13 bits per heavy atom. The van der Waals surface area contributed by atoms with E-state index < -0.39 is 17.4 Å². The summed E-state index contributed by atoms with van der Waals surface area (Å²) < 4.78 is 47.0. The first kappa shape index (κ1) is 25.6. The Morgan fingerprint density at radius 3 is 2.62 bits per heavy atom. The SMILES string of the molecule is C[C@H]1CCCN(Cc2cc(C(F)(F)F)c3cn(-c4cccc(C(=C5CCC5)c5nncn5C)c4)c(=O)n3c2)C1. The van der Waals surface area contributed by atoms with E-state index in [-0.39, 0.29) is 5.52 Å². The first-order chi connectivity index (χ1) is 18.7. The summed E-state index contributed by atoms with van der Waals surface area (Å²) in [7, 11) is 1.88. The smallest absolute Gasteiger partial charge is 0.317 e. The van der Waals surface area contributed by atoms with E-state index in [2.05, 4.69) is 22.0 Å². The molecule has 39 heavy (non-hydrogen) atoms. The fraction of sp³-hybridized carbons (Fsp3) is 0.414. The van der Waals surface area contributed by atoms with Crippen molar-refractivity contribution in [2.24, 2.45) is 13.0 Å². The van der Waals surface area contributed by atoms with Crippen LogP contribution in [0.25, 0.3) is 16.8 Å². The highest BCUT2D eigenvalue weighted by Gasteiger charge is 2.35. The Kier molecular flexibility index (Phi) is 6.45. The number of halogens is 3. The molecule has 0 unspecified atom stereocenters. The van der Waals surface area contributed by atoms with E-state index in [4.69, 9.17) is 0 Å². The number of hydrogen-bond donors (Lipinski definition) is 0. The molecule has 0 spiro atoms. The summed E-state index contributed by atoms with van der Waals surface area (Å²) in [5, 5.41) is 8.33. The molecule has 0 N–H and O–H groups in total. The third kappa shape index (κ3) is 4.82. The van der Waals surface area contributed by atoms with Gasteiger partial charge < -0.3 is 4.57 Å². The van der Waals surface area contributed by atoms with Gasteiger partial charge in [-0.05, 0) is 73.9 Å². The van der Waals surface area contributed by atoms with Gasteiger partial charge in [-0.2, -0.15) is 13.2 Å². The second kappa shape index (κ2) is 9.82. The molecule has 2 fully saturated rings. The predicted molar refractivity (Wildman–Crippen MR) is 143 cm³/mol. The van der Waals surface area contributed by atoms with E-state index in [0.29, 0.717) is 23.7 Å². The Labute approximate surface area is 224 Å². The lowest BCUT2D eigenvalue weighted by Gasteiger charge is -2.31.